The number of phosphoric ester groups is 2. The molecule has 0 aliphatic carbocycles. The maximum atomic E-state index is 12.8. The Bertz CT molecular complexity index is 1910. The van der Waals surface area contributed by atoms with E-state index in [4.69, 9.17) is 32.3 Å². The van der Waals surface area contributed by atoms with Gasteiger partial charge >= 0.3 is 33.6 Å². The van der Waals surface area contributed by atoms with Gasteiger partial charge in [-0.25, -0.2) is 9.13 Å². The van der Waals surface area contributed by atoms with Crippen LogP contribution in [0.25, 0.3) is 0 Å². The summed E-state index contributed by atoms with van der Waals surface area (Å²) in [4.78, 5) is 58.1. The number of carbonyl (C=O) groups is 3. The van der Waals surface area contributed by atoms with Crippen LogP contribution in [0.3, 0.4) is 0 Å². The molecule has 0 saturated carbocycles. The average Bonchev–Trinajstić information content (AvgIpc) is 3.46. The number of aliphatic hydroxyl groups excluding tert-OH is 2. The highest BCUT2D eigenvalue weighted by Crippen LogP contribution is 2.45. The largest absolute Gasteiger partial charge is 0.472 e. The zero-order valence-corrected chi connectivity index (χ0v) is 53.1. The number of aliphatic hydroxyl groups is 2. The number of esters is 3. The van der Waals surface area contributed by atoms with Crippen molar-refractivity contribution in [2.45, 2.75) is 257 Å². The van der Waals surface area contributed by atoms with E-state index in [1.165, 1.54) is 25.7 Å². The van der Waals surface area contributed by atoms with Crippen LogP contribution in [-0.2, 0) is 55.8 Å². The van der Waals surface area contributed by atoms with Crippen LogP contribution in [0.5, 0.6) is 0 Å². The number of hydrogen-bond acceptors (Lipinski definition) is 14. The summed E-state index contributed by atoms with van der Waals surface area (Å²) >= 11 is 0. The Hall–Kier alpha value is -3.53. The van der Waals surface area contributed by atoms with Crippen molar-refractivity contribution < 1.29 is 75.8 Å². The van der Waals surface area contributed by atoms with Crippen molar-refractivity contribution >= 4 is 33.6 Å². The maximum absolute atomic E-state index is 12.8. The normalized spacial score (nSPS) is 15.0. The van der Waals surface area contributed by atoms with Gasteiger partial charge in [0.1, 0.15) is 25.4 Å². The van der Waals surface area contributed by atoms with Crippen molar-refractivity contribution in [2.24, 2.45) is 0 Å². The summed E-state index contributed by atoms with van der Waals surface area (Å²) in [6, 6.07) is 0. The molecule has 0 fully saturated rings. The molecule has 0 saturated heterocycles. The molecule has 5 atom stereocenters. The van der Waals surface area contributed by atoms with Gasteiger partial charge in [-0.1, -0.05) is 201 Å². The molecule has 0 radical (unpaired) electrons. The van der Waals surface area contributed by atoms with E-state index in [9.17, 15) is 43.5 Å². The minimum Gasteiger partial charge on any atom is -0.463 e. The molecule has 5 unspecified atom stereocenters. The van der Waals surface area contributed by atoms with E-state index in [0.29, 0.717) is 19.3 Å². The summed E-state index contributed by atoms with van der Waals surface area (Å²) in [7, 11) is -9.78. The molecule has 0 aliphatic heterocycles. The standard InChI is InChI=1S/C65H112O16P2/c1-4-7-10-13-16-19-22-25-26-27-28-29-30-31-32-35-37-39-42-45-48-51-63(68)75-54-60(66)55-77-82(71,72)78-56-61(67)57-79-83(73,74)80-59-62(81-65(70)53-50-47-44-41-38-34-24-21-18-15-12-9-6-3)58-76-64(69)52-49-46-43-40-36-33-23-20-17-14-11-8-5-2/h11-12,14-16,19-21,23-26,28-29,31-32,60-62,66-67H,4-10,13,17-18,22,27,30,33-59H2,1-3H3,(H,71,72)(H,73,74)/b14-11-,15-12-,19-16-,23-20-,24-21-,26-25-,29-28-,32-31-. The van der Waals surface area contributed by atoms with Gasteiger partial charge in [0.25, 0.3) is 0 Å². The lowest BCUT2D eigenvalue weighted by Crippen LogP contribution is -2.30. The fraction of sp³-hybridized carbons (Fsp3) is 0.708. The van der Waals surface area contributed by atoms with E-state index >= 15 is 0 Å². The molecule has 16 nitrogen and oxygen atoms in total. The summed E-state index contributed by atoms with van der Waals surface area (Å²) in [6.07, 6.45) is 61.9. The number of unbranched alkanes of at least 4 members (excludes halogenated alkanes) is 20. The molecule has 0 aromatic carbocycles. The quantitative estimate of drug-likeness (QED) is 0.0146. The molecule has 0 aromatic rings. The van der Waals surface area contributed by atoms with E-state index in [0.717, 1.165) is 154 Å². The second-order valence-electron chi connectivity index (χ2n) is 20.8. The number of phosphoric acid groups is 2. The van der Waals surface area contributed by atoms with Crippen LogP contribution in [0.2, 0.25) is 0 Å². The molecule has 0 spiro atoms. The van der Waals surface area contributed by atoms with Gasteiger partial charge in [0, 0.05) is 19.3 Å². The zero-order valence-electron chi connectivity index (χ0n) is 51.3. The first-order valence-corrected chi connectivity index (χ1v) is 34.5. The van der Waals surface area contributed by atoms with Gasteiger partial charge in [-0.05, 0) is 116 Å². The smallest absolute Gasteiger partial charge is 0.463 e. The summed E-state index contributed by atoms with van der Waals surface area (Å²) in [5.74, 6) is -1.63. The maximum Gasteiger partial charge on any atom is 0.472 e. The molecule has 0 amide bonds. The highest BCUT2D eigenvalue weighted by atomic mass is 31.2. The molecule has 478 valence electrons. The average molecular weight is 1210 g/mol. The molecule has 0 bridgehead atoms. The lowest BCUT2D eigenvalue weighted by Gasteiger charge is -2.21. The Morgan fingerprint density at radius 1 is 0.337 bits per heavy atom. The van der Waals surface area contributed by atoms with Gasteiger partial charge in [-0.3, -0.25) is 32.5 Å². The Labute approximate surface area is 501 Å². The fourth-order valence-corrected chi connectivity index (χ4v) is 9.45. The summed E-state index contributed by atoms with van der Waals surface area (Å²) in [5, 5.41) is 20.5. The lowest BCUT2D eigenvalue weighted by molar-refractivity contribution is -0.161. The van der Waals surface area contributed by atoms with Gasteiger partial charge < -0.3 is 34.2 Å². The summed E-state index contributed by atoms with van der Waals surface area (Å²) in [6.45, 7) is 2.42. The minimum absolute atomic E-state index is 0.0835. The van der Waals surface area contributed by atoms with Crippen LogP contribution >= 0.6 is 15.6 Å². The first-order chi connectivity index (χ1) is 40.2. The van der Waals surface area contributed by atoms with Gasteiger partial charge in [0.2, 0.25) is 0 Å². The third-order valence-corrected chi connectivity index (χ3v) is 14.6. The second kappa shape index (κ2) is 58.8. The number of hydrogen-bond donors (Lipinski definition) is 4. The Balaban J connectivity index is 4.63. The molecule has 0 heterocycles. The van der Waals surface area contributed by atoms with Crippen LogP contribution in [0, 0.1) is 0 Å². The molecule has 0 rings (SSSR count). The van der Waals surface area contributed by atoms with Crippen molar-refractivity contribution in [3.8, 4) is 0 Å². The van der Waals surface area contributed by atoms with E-state index in [-0.39, 0.29) is 19.3 Å². The highest BCUT2D eigenvalue weighted by Gasteiger charge is 2.29. The number of ether oxygens (including phenoxy) is 3. The number of carbonyl (C=O) groups excluding carboxylic acids is 3. The summed E-state index contributed by atoms with van der Waals surface area (Å²) in [5.41, 5.74) is 0. The minimum atomic E-state index is -4.92. The van der Waals surface area contributed by atoms with Gasteiger partial charge in [0.05, 0.1) is 26.4 Å². The molecule has 18 heteroatoms. The molecule has 0 aromatic heterocycles. The topological polar surface area (TPSA) is 231 Å². The Morgan fingerprint density at radius 2 is 0.627 bits per heavy atom. The van der Waals surface area contributed by atoms with Gasteiger partial charge in [0.15, 0.2) is 6.10 Å². The van der Waals surface area contributed by atoms with Crippen molar-refractivity contribution in [1.82, 2.24) is 0 Å². The van der Waals surface area contributed by atoms with Crippen molar-refractivity contribution in [3.05, 3.63) is 97.2 Å². The van der Waals surface area contributed by atoms with E-state index in [1.54, 1.807) is 0 Å². The molecular weight excluding hydrogens is 1100 g/mol. The molecule has 83 heavy (non-hydrogen) atoms. The van der Waals surface area contributed by atoms with Crippen LogP contribution in [-0.4, -0.2) is 95.9 Å². The lowest BCUT2D eigenvalue weighted by atomic mass is 10.1. The first kappa shape index (κ1) is 79.5. The van der Waals surface area contributed by atoms with Crippen LogP contribution in [0.4, 0.5) is 0 Å². The Kier molecular flexibility index (Phi) is 56.3. The highest BCUT2D eigenvalue weighted by molar-refractivity contribution is 7.47. The van der Waals surface area contributed by atoms with Crippen molar-refractivity contribution in [2.75, 3.05) is 39.6 Å². The molecule has 4 N–H and O–H groups in total. The first-order valence-electron chi connectivity index (χ1n) is 31.5. The third-order valence-electron chi connectivity index (χ3n) is 12.7. The van der Waals surface area contributed by atoms with Crippen LogP contribution < -0.4 is 0 Å². The SMILES string of the molecule is CCC/C=C\C/C=C\CCCCCCCC(=O)OCC(COP(=O)(O)OCC(O)COP(=O)(O)OCC(O)COC(=O)CCCCCCC/C=C\C/C=C\C/C=C\C/C=C\CCCCC)OC(=O)CCCCCCC/C=C\C/C=C\CCC. The monoisotopic (exact) mass is 1210 g/mol. The van der Waals surface area contributed by atoms with Gasteiger partial charge in [-0.2, -0.15) is 0 Å². The molecular formula is C65H112O16P2. The van der Waals surface area contributed by atoms with Crippen molar-refractivity contribution in [1.29, 1.82) is 0 Å². The fourth-order valence-electron chi connectivity index (χ4n) is 7.86. The van der Waals surface area contributed by atoms with E-state index in [2.05, 4.69) is 118 Å². The number of allylic oxidation sites excluding steroid dienone is 16. The second-order valence-corrected chi connectivity index (χ2v) is 23.8. The predicted molar refractivity (Wildman–Crippen MR) is 334 cm³/mol. The zero-order chi connectivity index (χ0) is 61.0. The predicted octanol–water partition coefficient (Wildman–Crippen LogP) is 16.7. The van der Waals surface area contributed by atoms with E-state index < -0.39 is 91.5 Å². The van der Waals surface area contributed by atoms with Crippen LogP contribution in [0.1, 0.15) is 239 Å². The van der Waals surface area contributed by atoms with Crippen molar-refractivity contribution in [3.63, 3.8) is 0 Å². The molecule has 0 aliphatic rings. The third kappa shape index (κ3) is 60.0. The van der Waals surface area contributed by atoms with E-state index in [1.807, 2.05) is 0 Å². The summed E-state index contributed by atoms with van der Waals surface area (Å²) < 4.78 is 60.6. The Morgan fingerprint density at radius 3 is 1.00 bits per heavy atom. The van der Waals surface area contributed by atoms with Crippen LogP contribution in [0.15, 0.2) is 97.2 Å². The number of rotatable bonds is 59. The van der Waals surface area contributed by atoms with Gasteiger partial charge in [-0.15, -0.1) is 0 Å².